The molecule has 0 aromatic rings. The van der Waals surface area contributed by atoms with Gasteiger partial charge in [-0.15, -0.1) is 0 Å². The highest BCUT2D eigenvalue weighted by atomic mass is 16.4. The third-order valence-corrected chi connectivity index (χ3v) is 3.65. The number of aliphatic carboxylic acids is 1. The molecule has 0 atom stereocenters. The Morgan fingerprint density at radius 2 is 1.88 bits per heavy atom. The van der Waals surface area contributed by atoms with Crippen LogP contribution in [0, 0.1) is 11.8 Å². The second-order valence-corrected chi connectivity index (χ2v) is 4.98. The molecule has 2 N–H and O–H groups in total. The molecular formula is C13H25NO2. The quantitative estimate of drug-likeness (QED) is 0.703. The van der Waals surface area contributed by atoms with Crippen molar-refractivity contribution in [2.75, 3.05) is 13.1 Å². The summed E-state index contributed by atoms with van der Waals surface area (Å²) in [5.41, 5.74) is 0. The zero-order chi connectivity index (χ0) is 11.8. The molecule has 1 fully saturated rings. The van der Waals surface area contributed by atoms with Crippen LogP contribution in [-0.4, -0.2) is 24.2 Å². The number of carbonyl (C=O) groups is 1. The Labute approximate surface area is 98.6 Å². The van der Waals surface area contributed by atoms with E-state index < -0.39 is 5.97 Å². The van der Waals surface area contributed by atoms with Crippen LogP contribution in [0.4, 0.5) is 0 Å². The van der Waals surface area contributed by atoms with Crippen LogP contribution in [0.15, 0.2) is 0 Å². The van der Waals surface area contributed by atoms with E-state index in [9.17, 15) is 4.79 Å². The summed E-state index contributed by atoms with van der Waals surface area (Å²) in [5, 5.41) is 12.0. The van der Waals surface area contributed by atoms with Gasteiger partial charge in [-0.05, 0) is 50.6 Å². The SMILES string of the molecule is CCNCC1CCC(CCCC(=O)O)CC1. The minimum atomic E-state index is -0.652. The highest BCUT2D eigenvalue weighted by molar-refractivity contribution is 5.66. The molecule has 3 nitrogen and oxygen atoms in total. The minimum Gasteiger partial charge on any atom is -0.481 e. The Balaban J connectivity index is 2.05. The van der Waals surface area contributed by atoms with Gasteiger partial charge in [0, 0.05) is 6.42 Å². The van der Waals surface area contributed by atoms with Gasteiger partial charge < -0.3 is 10.4 Å². The van der Waals surface area contributed by atoms with E-state index in [2.05, 4.69) is 12.2 Å². The smallest absolute Gasteiger partial charge is 0.303 e. The molecule has 1 saturated carbocycles. The largest absolute Gasteiger partial charge is 0.481 e. The number of hydrogen-bond acceptors (Lipinski definition) is 2. The van der Waals surface area contributed by atoms with E-state index in [1.165, 1.54) is 32.2 Å². The monoisotopic (exact) mass is 227 g/mol. The van der Waals surface area contributed by atoms with Gasteiger partial charge in [-0.2, -0.15) is 0 Å². The van der Waals surface area contributed by atoms with Crippen LogP contribution in [-0.2, 0) is 4.79 Å². The number of hydrogen-bond donors (Lipinski definition) is 2. The number of carboxylic acid groups (broad SMARTS) is 1. The third-order valence-electron chi connectivity index (χ3n) is 3.65. The molecule has 1 aliphatic rings. The van der Waals surface area contributed by atoms with Crippen molar-refractivity contribution in [1.82, 2.24) is 5.32 Å². The molecule has 3 heteroatoms. The molecule has 0 radical (unpaired) electrons. The molecule has 0 aromatic carbocycles. The predicted octanol–water partition coefficient (Wildman–Crippen LogP) is 2.66. The maximum atomic E-state index is 10.4. The van der Waals surface area contributed by atoms with Gasteiger partial charge in [0.1, 0.15) is 0 Å². The van der Waals surface area contributed by atoms with E-state index in [0.29, 0.717) is 6.42 Å². The molecule has 0 amide bonds. The van der Waals surface area contributed by atoms with Gasteiger partial charge in [-0.1, -0.05) is 19.8 Å². The van der Waals surface area contributed by atoms with Gasteiger partial charge in [-0.3, -0.25) is 4.79 Å². The lowest BCUT2D eigenvalue weighted by Crippen LogP contribution is -2.26. The van der Waals surface area contributed by atoms with Crippen molar-refractivity contribution in [3.05, 3.63) is 0 Å². The first-order valence-corrected chi connectivity index (χ1v) is 6.64. The zero-order valence-corrected chi connectivity index (χ0v) is 10.4. The molecule has 0 saturated heterocycles. The molecule has 16 heavy (non-hydrogen) atoms. The molecule has 0 unspecified atom stereocenters. The summed E-state index contributed by atoms with van der Waals surface area (Å²) in [7, 11) is 0. The van der Waals surface area contributed by atoms with Crippen molar-refractivity contribution in [3.8, 4) is 0 Å². The third kappa shape index (κ3) is 5.50. The van der Waals surface area contributed by atoms with Crippen LogP contribution < -0.4 is 5.32 Å². The summed E-state index contributed by atoms with van der Waals surface area (Å²) in [4.78, 5) is 10.4. The van der Waals surface area contributed by atoms with Crippen molar-refractivity contribution >= 4 is 5.97 Å². The Morgan fingerprint density at radius 1 is 1.25 bits per heavy atom. The maximum Gasteiger partial charge on any atom is 0.303 e. The Kier molecular flexibility index (Phi) is 6.46. The molecular weight excluding hydrogens is 202 g/mol. The van der Waals surface area contributed by atoms with Crippen LogP contribution in [0.2, 0.25) is 0 Å². The Bertz CT molecular complexity index is 198. The normalized spacial score (nSPS) is 25.6. The Hall–Kier alpha value is -0.570. The molecule has 94 valence electrons. The van der Waals surface area contributed by atoms with E-state index in [4.69, 9.17) is 5.11 Å². The summed E-state index contributed by atoms with van der Waals surface area (Å²) in [6, 6.07) is 0. The molecule has 0 heterocycles. The summed E-state index contributed by atoms with van der Waals surface area (Å²) in [5.74, 6) is 0.994. The van der Waals surface area contributed by atoms with Gasteiger partial charge in [-0.25, -0.2) is 0 Å². The van der Waals surface area contributed by atoms with Gasteiger partial charge in [0.15, 0.2) is 0 Å². The van der Waals surface area contributed by atoms with Crippen molar-refractivity contribution in [2.45, 2.75) is 51.9 Å². The van der Waals surface area contributed by atoms with E-state index in [1.807, 2.05) is 0 Å². The highest BCUT2D eigenvalue weighted by Gasteiger charge is 2.20. The van der Waals surface area contributed by atoms with Crippen molar-refractivity contribution in [1.29, 1.82) is 0 Å². The van der Waals surface area contributed by atoms with E-state index >= 15 is 0 Å². The number of carboxylic acids is 1. The fourth-order valence-electron chi connectivity index (χ4n) is 2.61. The molecule has 1 aliphatic carbocycles. The van der Waals surface area contributed by atoms with Gasteiger partial charge in [0.05, 0.1) is 0 Å². The zero-order valence-electron chi connectivity index (χ0n) is 10.4. The lowest BCUT2D eigenvalue weighted by atomic mass is 9.80. The summed E-state index contributed by atoms with van der Waals surface area (Å²) < 4.78 is 0. The standard InChI is InChI=1S/C13H25NO2/c1-2-14-10-12-8-6-11(7-9-12)4-3-5-13(15)16/h11-12,14H,2-10H2,1H3,(H,15,16). The van der Waals surface area contributed by atoms with Crippen LogP contribution in [0.3, 0.4) is 0 Å². The Morgan fingerprint density at radius 3 is 2.44 bits per heavy atom. The summed E-state index contributed by atoms with van der Waals surface area (Å²) >= 11 is 0. The average Bonchev–Trinajstić information content (AvgIpc) is 2.27. The van der Waals surface area contributed by atoms with E-state index in [0.717, 1.165) is 31.2 Å². The fourth-order valence-corrected chi connectivity index (χ4v) is 2.61. The topological polar surface area (TPSA) is 49.3 Å². The van der Waals surface area contributed by atoms with E-state index in [1.54, 1.807) is 0 Å². The predicted molar refractivity (Wildman–Crippen MR) is 65.5 cm³/mol. The van der Waals surface area contributed by atoms with Gasteiger partial charge in [0.2, 0.25) is 0 Å². The first-order chi connectivity index (χ1) is 7.72. The molecule has 0 aromatic heterocycles. The highest BCUT2D eigenvalue weighted by Crippen LogP contribution is 2.31. The van der Waals surface area contributed by atoms with Crippen LogP contribution >= 0.6 is 0 Å². The lowest BCUT2D eigenvalue weighted by Gasteiger charge is -2.28. The van der Waals surface area contributed by atoms with Crippen molar-refractivity contribution in [2.24, 2.45) is 11.8 Å². The minimum absolute atomic E-state index is 0.345. The van der Waals surface area contributed by atoms with E-state index in [-0.39, 0.29) is 0 Å². The summed E-state index contributed by atoms with van der Waals surface area (Å²) in [6.07, 6.45) is 7.57. The first kappa shape index (κ1) is 13.5. The molecule has 1 rings (SSSR count). The second kappa shape index (κ2) is 7.66. The average molecular weight is 227 g/mol. The van der Waals surface area contributed by atoms with Crippen LogP contribution in [0.5, 0.6) is 0 Å². The van der Waals surface area contributed by atoms with Crippen LogP contribution in [0.1, 0.15) is 51.9 Å². The van der Waals surface area contributed by atoms with Gasteiger partial charge in [0.25, 0.3) is 0 Å². The number of nitrogens with one attached hydrogen (secondary N) is 1. The van der Waals surface area contributed by atoms with Gasteiger partial charge >= 0.3 is 5.97 Å². The molecule has 0 bridgehead atoms. The van der Waals surface area contributed by atoms with Crippen molar-refractivity contribution < 1.29 is 9.90 Å². The molecule has 0 spiro atoms. The van der Waals surface area contributed by atoms with Crippen molar-refractivity contribution in [3.63, 3.8) is 0 Å². The number of rotatable bonds is 7. The van der Waals surface area contributed by atoms with Crippen LogP contribution in [0.25, 0.3) is 0 Å². The second-order valence-electron chi connectivity index (χ2n) is 4.98. The molecule has 0 aliphatic heterocycles. The summed E-state index contributed by atoms with van der Waals surface area (Å²) in [6.45, 7) is 4.38. The fraction of sp³-hybridized carbons (Fsp3) is 0.923. The maximum absolute atomic E-state index is 10.4. The lowest BCUT2D eigenvalue weighted by molar-refractivity contribution is -0.137. The first-order valence-electron chi connectivity index (χ1n) is 6.64.